The topological polar surface area (TPSA) is 63.1 Å². The summed E-state index contributed by atoms with van der Waals surface area (Å²) in [4.78, 5) is 17.6. The summed E-state index contributed by atoms with van der Waals surface area (Å²) in [6.45, 7) is -4.08. The first-order valence-corrected chi connectivity index (χ1v) is 8.11. The maximum Gasteiger partial charge on any atom is 0.239 e. The Balaban J connectivity index is 1.54. The molecule has 0 aliphatic carbocycles. The van der Waals surface area contributed by atoms with Crippen molar-refractivity contribution in [2.24, 2.45) is 7.05 Å². The van der Waals surface area contributed by atoms with Crippen molar-refractivity contribution in [3.63, 3.8) is 0 Å². The van der Waals surface area contributed by atoms with E-state index in [0.717, 1.165) is 26.8 Å². The van der Waals surface area contributed by atoms with Gasteiger partial charge in [0, 0.05) is 35.9 Å². The van der Waals surface area contributed by atoms with Crippen LogP contribution >= 0.6 is 0 Å². The summed E-state index contributed by atoms with van der Waals surface area (Å²) in [6.07, 6.45) is 5.47. The lowest BCUT2D eigenvalue weighted by molar-refractivity contribution is -0.117. The van der Waals surface area contributed by atoms with Gasteiger partial charge in [-0.2, -0.15) is 5.10 Å². The summed E-state index contributed by atoms with van der Waals surface area (Å²) < 4.78 is 33.5. The fraction of sp³-hybridized carbons (Fsp3) is 0.316. The summed E-state index contributed by atoms with van der Waals surface area (Å²) >= 11 is 0. The number of nitrogens with one attached hydrogen (secondary N) is 1. The number of anilines is 1. The van der Waals surface area contributed by atoms with Crippen LogP contribution in [0.25, 0.3) is 21.9 Å². The van der Waals surface area contributed by atoms with Crippen LogP contribution < -0.4 is 5.32 Å². The standard InChI is InChI=1S/C19H21N5O/c1-23-12-17(11-21-23)14-4-5-15-10-20-18(9-16(15)8-14)22-19(25)13-24-6-2-3-7-24/h4-5,8-12H,2-3,6-7,13H2,1H3,(H,20,22,25)/i6D2,7D2. The van der Waals surface area contributed by atoms with Crippen molar-refractivity contribution in [1.82, 2.24) is 19.7 Å². The van der Waals surface area contributed by atoms with Crippen molar-refractivity contribution in [2.45, 2.75) is 12.8 Å². The molecule has 1 aromatic carbocycles. The zero-order valence-corrected chi connectivity index (χ0v) is 13.9. The molecule has 1 N–H and O–H groups in total. The molecule has 0 saturated carbocycles. The van der Waals surface area contributed by atoms with Gasteiger partial charge in [0.15, 0.2) is 0 Å². The summed E-state index contributed by atoms with van der Waals surface area (Å²) in [5, 5.41) is 8.65. The first kappa shape index (κ1) is 11.8. The minimum absolute atomic E-state index is 0.0542. The Morgan fingerprint density at radius 3 is 2.80 bits per heavy atom. The zero-order valence-electron chi connectivity index (χ0n) is 17.9. The molecule has 25 heavy (non-hydrogen) atoms. The average molecular weight is 339 g/mol. The van der Waals surface area contributed by atoms with Gasteiger partial charge in [0.25, 0.3) is 0 Å². The largest absolute Gasteiger partial charge is 0.310 e. The van der Waals surface area contributed by atoms with Crippen LogP contribution in [0.2, 0.25) is 0 Å². The number of aryl methyl sites for hydroxylation is 1. The first-order chi connectivity index (χ1) is 13.6. The molecule has 6 nitrogen and oxygen atoms in total. The molecule has 6 heteroatoms. The average Bonchev–Trinajstić information content (AvgIpc) is 3.18. The van der Waals surface area contributed by atoms with E-state index in [1.807, 2.05) is 31.4 Å². The van der Waals surface area contributed by atoms with E-state index in [4.69, 9.17) is 5.48 Å². The maximum atomic E-state index is 12.4. The van der Waals surface area contributed by atoms with E-state index in [1.54, 1.807) is 23.1 Å². The highest BCUT2D eigenvalue weighted by atomic mass is 16.2. The van der Waals surface area contributed by atoms with Crippen LogP contribution in [0, 0.1) is 0 Å². The highest BCUT2D eigenvalue weighted by molar-refractivity contribution is 5.94. The Morgan fingerprint density at radius 2 is 2.04 bits per heavy atom. The van der Waals surface area contributed by atoms with Gasteiger partial charge in [-0.05, 0) is 48.9 Å². The van der Waals surface area contributed by atoms with Crippen LogP contribution in [-0.2, 0) is 11.8 Å². The number of hydrogen-bond donors (Lipinski definition) is 1. The molecular formula is C19H21N5O. The second-order valence-electron chi connectivity index (χ2n) is 5.98. The van der Waals surface area contributed by atoms with E-state index in [1.165, 1.54) is 0 Å². The lowest BCUT2D eigenvalue weighted by Crippen LogP contribution is -2.31. The summed E-state index contributed by atoms with van der Waals surface area (Å²) in [6, 6.07) is 7.67. The van der Waals surface area contributed by atoms with Gasteiger partial charge >= 0.3 is 0 Å². The quantitative estimate of drug-likeness (QED) is 0.794. The van der Waals surface area contributed by atoms with Crippen LogP contribution in [0.1, 0.15) is 18.3 Å². The second kappa shape index (κ2) is 6.64. The molecule has 1 aliphatic rings. The molecule has 4 rings (SSSR count). The van der Waals surface area contributed by atoms with Gasteiger partial charge in [0.05, 0.1) is 12.7 Å². The number of likely N-dealkylation sites (tertiary alicyclic amines) is 1. The van der Waals surface area contributed by atoms with Crippen LogP contribution in [0.3, 0.4) is 0 Å². The Morgan fingerprint density at radius 1 is 1.20 bits per heavy atom. The molecule has 1 saturated heterocycles. The number of amides is 1. The molecule has 0 unspecified atom stereocenters. The molecule has 1 amide bonds. The smallest absolute Gasteiger partial charge is 0.239 e. The molecule has 3 heterocycles. The SMILES string of the molecule is [2H]C1([2H])CCC([2H])([2H])N1CC(=O)Nc1cc2cc(-c3cnn(C)c3)ccc2cn1. The lowest BCUT2D eigenvalue weighted by atomic mass is 10.1. The summed E-state index contributed by atoms with van der Waals surface area (Å²) in [5.41, 5.74) is 1.97. The van der Waals surface area contributed by atoms with Crippen molar-refractivity contribution in [3.05, 3.63) is 42.9 Å². The van der Waals surface area contributed by atoms with Gasteiger partial charge in [-0.15, -0.1) is 0 Å². The van der Waals surface area contributed by atoms with Gasteiger partial charge in [-0.1, -0.05) is 12.1 Å². The van der Waals surface area contributed by atoms with Crippen molar-refractivity contribution in [1.29, 1.82) is 0 Å². The third-order valence-electron chi connectivity index (χ3n) is 4.06. The van der Waals surface area contributed by atoms with Crippen molar-refractivity contribution >= 4 is 22.5 Å². The van der Waals surface area contributed by atoms with E-state index in [2.05, 4.69) is 15.4 Å². The molecule has 2 aromatic heterocycles. The lowest BCUT2D eigenvalue weighted by Gasteiger charge is -2.14. The Bertz CT molecular complexity index is 1070. The third kappa shape index (κ3) is 3.53. The van der Waals surface area contributed by atoms with Gasteiger partial charge < -0.3 is 5.32 Å². The van der Waals surface area contributed by atoms with E-state index < -0.39 is 18.9 Å². The van der Waals surface area contributed by atoms with Crippen LogP contribution in [0.5, 0.6) is 0 Å². The molecule has 0 spiro atoms. The number of pyridine rings is 1. The minimum atomic E-state index is -1.85. The number of carbonyl (C=O) groups excluding carboxylic acids is 1. The molecule has 128 valence electrons. The van der Waals surface area contributed by atoms with Gasteiger partial charge in [-0.3, -0.25) is 14.4 Å². The summed E-state index contributed by atoms with van der Waals surface area (Å²) in [5.74, 6) is -0.166. The molecule has 0 radical (unpaired) electrons. The molecular weight excluding hydrogens is 314 g/mol. The maximum absolute atomic E-state index is 12.4. The predicted octanol–water partition coefficient (Wildman–Crippen LogP) is 2.67. The second-order valence-corrected chi connectivity index (χ2v) is 5.98. The molecule has 3 aromatic rings. The van der Waals surface area contributed by atoms with Crippen LogP contribution in [-0.4, -0.2) is 45.1 Å². The molecule has 0 atom stereocenters. The van der Waals surface area contributed by atoms with E-state index in [0.29, 0.717) is 5.82 Å². The van der Waals surface area contributed by atoms with E-state index >= 15 is 0 Å². The molecule has 1 fully saturated rings. The fourth-order valence-corrected chi connectivity index (χ4v) is 2.83. The normalized spacial score (nSPS) is 21.3. The number of carbonyl (C=O) groups is 1. The number of benzene rings is 1. The van der Waals surface area contributed by atoms with Crippen LogP contribution in [0.15, 0.2) is 42.9 Å². The van der Waals surface area contributed by atoms with Crippen molar-refractivity contribution < 1.29 is 10.3 Å². The number of fused-ring (bicyclic) bond motifs is 1. The number of nitrogens with zero attached hydrogens (tertiary/aromatic N) is 4. The zero-order chi connectivity index (χ0) is 20.8. The van der Waals surface area contributed by atoms with E-state index in [-0.39, 0.29) is 19.4 Å². The number of hydrogen-bond acceptors (Lipinski definition) is 4. The van der Waals surface area contributed by atoms with Crippen LogP contribution in [0.4, 0.5) is 5.82 Å². The van der Waals surface area contributed by atoms with Gasteiger partial charge in [-0.25, -0.2) is 4.98 Å². The third-order valence-corrected chi connectivity index (χ3v) is 4.06. The Hall–Kier alpha value is -2.73. The number of rotatable bonds is 4. The molecule has 1 aliphatic heterocycles. The molecule has 0 bridgehead atoms. The van der Waals surface area contributed by atoms with Gasteiger partial charge in [0.2, 0.25) is 5.91 Å². The fourth-order valence-electron chi connectivity index (χ4n) is 2.83. The minimum Gasteiger partial charge on any atom is -0.310 e. The van der Waals surface area contributed by atoms with Crippen molar-refractivity contribution in [3.8, 4) is 11.1 Å². The number of aromatic nitrogens is 3. The highest BCUT2D eigenvalue weighted by Gasteiger charge is 2.15. The summed E-state index contributed by atoms with van der Waals surface area (Å²) in [7, 11) is 1.85. The van der Waals surface area contributed by atoms with E-state index in [9.17, 15) is 4.79 Å². The first-order valence-electron chi connectivity index (χ1n) is 10.1. The van der Waals surface area contributed by atoms with Crippen molar-refractivity contribution in [2.75, 3.05) is 24.9 Å². The Kier molecular flexibility index (Phi) is 3.12. The highest BCUT2D eigenvalue weighted by Crippen LogP contribution is 2.25. The Labute approximate surface area is 152 Å². The monoisotopic (exact) mass is 339 g/mol. The van der Waals surface area contributed by atoms with Gasteiger partial charge in [0.1, 0.15) is 5.82 Å². The predicted molar refractivity (Wildman–Crippen MR) is 98.2 cm³/mol.